The minimum absolute atomic E-state index is 0.0270. The smallest absolute Gasteiger partial charge is 0.389 e. The molecule has 0 heterocycles. The molecule has 0 radical (unpaired) electrons. The predicted octanol–water partition coefficient (Wildman–Crippen LogP) is 2.71. The predicted molar refractivity (Wildman–Crippen MR) is 69.3 cm³/mol. The Morgan fingerprint density at radius 3 is 2.61 bits per heavy atom. The van der Waals surface area contributed by atoms with Crippen LogP contribution in [0.15, 0.2) is 24.3 Å². The number of rotatable bonds is 5. The van der Waals surface area contributed by atoms with Gasteiger partial charge in [0.25, 0.3) is 0 Å². The van der Waals surface area contributed by atoms with Crippen molar-refractivity contribution in [2.45, 2.75) is 19.1 Å². The summed E-state index contributed by atoms with van der Waals surface area (Å²) >= 11 is 4.85. The lowest BCUT2D eigenvalue weighted by Crippen LogP contribution is -2.24. The number of nitrogens with two attached hydrogens (primary N) is 1. The molecule has 0 aliphatic rings. The lowest BCUT2D eigenvalue weighted by molar-refractivity contribution is -0.137. The van der Waals surface area contributed by atoms with Crippen molar-refractivity contribution in [3.8, 4) is 0 Å². The van der Waals surface area contributed by atoms with E-state index in [4.69, 9.17) is 18.0 Å². The molecule has 2 nitrogen and oxygen atoms in total. The van der Waals surface area contributed by atoms with Crippen LogP contribution >= 0.6 is 12.2 Å². The highest BCUT2D eigenvalue weighted by Gasteiger charge is 2.26. The summed E-state index contributed by atoms with van der Waals surface area (Å²) in [5.41, 5.74) is 7.12. The molecule has 100 valence electrons. The standard InChI is InChI=1S/C12H15F3N2S/c1-17(6-5-12(13,14)15)8-9-3-2-4-10(7-9)11(16)18/h2-4,7H,5-6,8H2,1H3,(H2,16,18). The zero-order valence-electron chi connectivity index (χ0n) is 10.00. The maximum Gasteiger partial charge on any atom is 0.390 e. The van der Waals surface area contributed by atoms with E-state index in [-0.39, 0.29) is 11.5 Å². The second-order valence-electron chi connectivity index (χ2n) is 4.17. The van der Waals surface area contributed by atoms with Gasteiger partial charge in [0.15, 0.2) is 0 Å². The van der Waals surface area contributed by atoms with Crippen LogP contribution < -0.4 is 5.73 Å². The zero-order chi connectivity index (χ0) is 13.8. The maximum atomic E-state index is 12.1. The van der Waals surface area contributed by atoms with Crippen LogP contribution in [-0.4, -0.2) is 29.7 Å². The quantitative estimate of drug-likeness (QED) is 0.838. The number of benzene rings is 1. The van der Waals surface area contributed by atoms with Crippen LogP contribution in [-0.2, 0) is 6.54 Å². The first kappa shape index (κ1) is 14.9. The minimum atomic E-state index is -4.12. The van der Waals surface area contributed by atoms with Crippen LogP contribution in [0.4, 0.5) is 13.2 Å². The Kier molecular flexibility index (Phi) is 5.10. The second-order valence-corrected chi connectivity index (χ2v) is 4.61. The first-order chi connectivity index (χ1) is 8.28. The highest BCUT2D eigenvalue weighted by molar-refractivity contribution is 7.80. The van der Waals surface area contributed by atoms with Crippen molar-refractivity contribution in [2.24, 2.45) is 5.73 Å². The number of thiocarbonyl (C=S) groups is 1. The van der Waals surface area contributed by atoms with Gasteiger partial charge in [0, 0.05) is 18.7 Å². The van der Waals surface area contributed by atoms with Crippen LogP contribution in [0.5, 0.6) is 0 Å². The Bertz CT molecular complexity index is 418. The summed E-state index contributed by atoms with van der Waals surface area (Å²) in [6, 6.07) is 7.21. The largest absolute Gasteiger partial charge is 0.390 e. The van der Waals surface area contributed by atoms with Gasteiger partial charge >= 0.3 is 6.18 Å². The summed E-state index contributed by atoms with van der Waals surface area (Å²) in [7, 11) is 1.65. The Morgan fingerprint density at radius 2 is 2.06 bits per heavy atom. The van der Waals surface area contributed by atoms with Crippen LogP contribution in [0.1, 0.15) is 17.5 Å². The van der Waals surface area contributed by atoms with E-state index in [0.29, 0.717) is 6.54 Å². The lowest BCUT2D eigenvalue weighted by atomic mass is 10.1. The van der Waals surface area contributed by atoms with Crippen molar-refractivity contribution in [2.75, 3.05) is 13.6 Å². The van der Waals surface area contributed by atoms with E-state index in [0.717, 1.165) is 11.1 Å². The third-order valence-electron chi connectivity index (χ3n) is 2.44. The fourth-order valence-corrected chi connectivity index (χ4v) is 1.66. The zero-order valence-corrected chi connectivity index (χ0v) is 10.8. The van der Waals surface area contributed by atoms with Crippen LogP contribution in [0.25, 0.3) is 0 Å². The molecule has 1 rings (SSSR count). The molecule has 0 saturated carbocycles. The maximum absolute atomic E-state index is 12.1. The summed E-state index contributed by atoms with van der Waals surface area (Å²) in [6.07, 6.45) is -4.92. The Morgan fingerprint density at radius 1 is 1.39 bits per heavy atom. The van der Waals surface area contributed by atoms with E-state index < -0.39 is 12.6 Å². The summed E-state index contributed by atoms with van der Waals surface area (Å²) < 4.78 is 36.2. The molecule has 0 amide bonds. The van der Waals surface area contributed by atoms with Crippen molar-refractivity contribution in [1.29, 1.82) is 0 Å². The van der Waals surface area contributed by atoms with E-state index in [1.165, 1.54) is 0 Å². The van der Waals surface area contributed by atoms with Crippen molar-refractivity contribution in [1.82, 2.24) is 4.90 Å². The van der Waals surface area contributed by atoms with Crippen molar-refractivity contribution in [3.63, 3.8) is 0 Å². The van der Waals surface area contributed by atoms with Gasteiger partial charge < -0.3 is 10.6 Å². The molecule has 0 bridgehead atoms. The van der Waals surface area contributed by atoms with Crippen molar-refractivity contribution < 1.29 is 13.2 Å². The molecule has 0 aliphatic heterocycles. The highest BCUT2D eigenvalue weighted by Crippen LogP contribution is 2.20. The number of halogens is 3. The minimum Gasteiger partial charge on any atom is -0.389 e. The van der Waals surface area contributed by atoms with Gasteiger partial charge in [-0.15, -0.1) is 0 Å². The summed E-state index contributed by atoms with van der Waals surface area (Å²) in [6.45, 7) is 0.410. The number of hydrogen-bond donors (Lipinski definition) is 1. The Hall–Kier alpha value is -1.14. The summed E-state index contributed by atoms with van der Waals surface area (Å²) in [4.78, 5) is 1.90. The molecule has 0 aromatic heterocycles. The van der Waals surface area contributed by atoms with Gasteiger partial charge in [0.1, 0.15) is 4.99 Å². The van der Waals surface area contributed by atoms with Gasteiger partial charge in [-0.1, -0.05) is 30.4 Å². The number of hydrogen-bond acceptors (Lipinski definition) is 2. The van der Waals surface area contributed by atoms with Gasteiger partial charge in [-0.3, -0.25) is 0 Å². The average molecular weight is 276 g/mol. The van der Waals surface area contributed by atoms with Crippen molar-refractivity contribution in [3.05, 3.63) is 35.4 Å². The van der Waals surface area contributed by atoms with Gasteiger partial charge in [-0.05, 0) is 18.7 Å². The van der Waals surface area contributed by atoms with Gasteiger partial charge in [0.2, 0.25) is 0 Å². The molecule has 1 aromatic carbocycles. The molecule has 6 heteroatoms. The highest BCUT2D eigenvalue weighted by atomic mass is 32.1. The van der Waals surface area contributed by atoms with Crippen LogP contribution in [0.2, 0.25) is 0 Å². The number of nitrogens with zero attached hydrogens (tertiary/aromatic N) is 1. The Labute approximate surface area is 110 Å². The van der Waals surface area contributed by atoms with Crippen LogP contribution in [0.3, 0.4) is 0 Å². The molecule has 0 fully saturated rings. The van der Waals surface area contributed by atoms with E-state index in [2.05, 4.69) is 0 Å². The topological polar surface area (TPSA) is 29.3 Å². The second kappa shape index (κ2) is 6.15. The van der Waals surface area contributed by atoms with Gasteiger partial charge in [-0.25, -0.2) is 0 Å². The fraction of sp³-hybridized carbons (Fsp3) is 0.417. The van der Waals surface area contributed by atoms with E-state index in [9.17, 15) is 13.2 Å². The molecule has 2 N–H and O–H groups in total. The van der Waals surface area contributed by atoms with E-state index in [1.54, 1.807) is 30.1 Å². The SMILES string of the molecule is CN(CCC(F)(F)F)Cc1cccc(C(N)=S)c1. The fourth-order valence-electron chi connectivity index (χ4n) is 1.53. The molecular weight excluding hydrogens is 261 g/mol. The third-order valence-corrected chi connectivity index (χ3v) is 2.68. The van der Waals surface area contributed by atoms with E-state index in [1.807, 2.05) is 6.07 Å². The molecule has 0 aliphatic carbocycles. The molecule has 0 spiro atoms. The van der Waals surface area contributed by atoms with Gasteiger partial charge in [0.05, 0.1) is 6.42 Å². The summed E-state index contributed by atoms with van der Waals surface area (Å²) in [5.74, 6) is 0. The van der Waals surface area contributed by atoms with Crippen LogP contribution in [0, 0.1) is 0 Å². The Balaban J connectivity index is 2.56. The molecule has 0 atom stereocenters. The first-order valence-corrected chi connectivity index (χ1v) is 5.83. The van der Waals surface area contributed by atoms with Crippen molar-refractivity contribution >= 4 is 17.2 Å². The molecule has 18 heavy (non-hydrogen) atoms. The lowest BCUT2D eigenvalue weighted by Gasteiger charge is -2.18. The molecule has 0 unspecified atom stereocenters. The summed E-state index contributed by atoms with van der Waals surface area (Å²) in [5, 5.41) is 0. The third kappa shape index (κ3) is 5.46. The van der Waals surface area contributed by atoms with E-state index >= 15 is 0 Å². The monoisotopic (exact) mass is 276 g/mol. The molecule has 0 saturated heterocycles. The first-order valence-electron chi connectivity index (χ1n) is 5.42. The number of alkyl halides is 3. The average Bonchev–Trinajstić information content (AvgIpc) is 2.26. The van der Waals surface area contributed by atoms with Gasteiger partial charge in [-0.2, -0.15) is 13.2 Å². The molecular formula is C12H15F3N2S. The normalized spacial score (nSPS) is 11.8. The molecule has 1 aromatic rings.